The molecule has 9 nitrogen and oxygen atoms in total. The first-order valence-electron chi connectivity index (χ1n) is 9.45. The predicted octanol–water partition coefficient (Wildman–Crippen LogP) is 2.24. The smallest absolute Gasteiger partial charge is 0.368 e. The minimum atomic E-state index is -0.364. The van der Waals surface area contributed by atoms with Crippen molar-refractivity contribution in [1.82, 2.24) is 19.8 Å². The quantitative estimate of drug-likeness (QED) is 0.240. The molecule has 0 aliphatic heterocycles. The number of aromatic nitrogens is 4. The summed E-state index contributed by atoms with van der Waals surface area (Å²) in [4.78, 5) is 17.4. The van der Waals surface area contributed by atoms with Crippen molar-refractivity contribution in [3.8, 4) is 29.5 Å². The highest BCUT2D eigenvalue weighted by atomic mass is 16.6. The molecule has 0 amide bonds. The van der Waals surface area contributed by atoms with E-state index >= 15 is 0 Å². The van der Waals surface area contributed by atoms with Crippen molar-refractivity contribution in [3.05, 3.63) is 63.6 Å². The van der Waals surface area contributed by atoms with Gasteiger partial charge < -0.3 is 14.3 Å². The normalized spacial score (nSPS) is 11.1. The SMILES string of the molecule is C#CCON=C(C)c1ccc(OCc2c(OC)cccc2-n2nnn(C)c2=O)c(C)c1. The van der Waals surface area contributed by atoms with Crippen LogP contribution in [0.5, 0.6) is 11.5 Å². The Balaban J connectivity index is 1.86. The highest BCUT2D eigenvalue weighted by Gasteiger charge is 2.16. The Hall–Kier alpha value is -4.06. The lowest BCUT2D eigenvalue weighted by Crippen LogP contribution is -2.23. The molecular formula is C22H23N5O4. The Morgan fingerprint density at radius 1 is 1.23 bits per heavy atom. The molecule has 2 aromatic carbocycles. The minimum absolute atomic E-state index is 0.119. The Kier molecular flexibility index (Phi) is 6.72. The van der Waals surface area contributed by atoms with Crippen LogP contribution in [0.25, 0.3) is 5.69 Å². The van der Waals surface area contributed by atoms with E-state index in [-0.39, 0.29) is 18.9 Å². The van der Waals surface area contributed by atoms with E-state index in [4.69, 9.17) is 20.7 Å². The second-order valence-electron chi connectivity index (χ2n) is 6.68. The van der Waals surface area contributed by atoms with Gasteiger partial charge in [-0.2, -0.15) is 9.36 Å². The fourth-order valence-corrected chi connectivity index (χ4v) is 2.96. The van der Waals surface area contributed by atoms with Crippen LogP contribution in [0.1, 0.15) is 23.6 Å². The van der Waals surface area contributed by atoms with Gasteiger partial charge in [0.1, 0.15) is 18.1 Å². The topological polar surface area (TPSA) is 92.8 Å². The summed E-state index contributed by atoms with van der Waals surface area (Å²) in [7, 11) is 3.10. The van der Waals surface area contributed by atoms with Gasteiger partial charge in [0.15, 0.2) is 6.61 Å². The van der Waals surface area contributed by atoms with Gasteiger partial charge in [0.05, 0.1) is 24.1 Å². The van der Waals surface area contributed by atoms with Gasteiger partial charge in [-0.1, -0.05) is 17.1 Å². The molecule has 1 heterocycles. The Morgan fingerprint density at radius 2 is 2.03 bits per heavy atom. The molecule has 0 saturated heterocycles. The lowest BCUT2D eigenvalue weighted by Gasteiger charge is -2.15. The number of ether oxygens (including phenoxy) is 2. The lowest BCUT2D eigenvalue weighted by molar-refractivity contribution is 0.180. The van der Waals surface area contributed by atoms with Crippen molar-refractivity contribution >= 4 is 5.71 Å². The number of methoxy groups -OCH3 is 1. The average molecular weight is 421 g/mol. The molecule has 0 bridgehead atoms. The molecule has 3 aromatic rings. The standard InChI is InChI=1S/C22H23N5O4/c1-6-12-31-23-16(3)17-10-11-20(15(2)13-17)30-14-18-19(8-7-9-21(18)29-5)27-22(28)26(4)24-25-27/h1,7-11,13H,12,14H2,2-5H3. The van der Waals surface area contributed by atoms with Crippen LogP contribution in [0.4, 0.5) is 0 Å². The molecule has 0 N–H and O–H groups in total. The van der Waals surface area contributed by atoms with Crippen molar-refractivity contribution < 1.29 is 14.3 Å². The van der Waals surface area contributed by atoms with Crippen molar-refractivity contribution in [1.29, 1.82) is 0 Å². The number of rotatable bonds is 8. The van der Waals surface area contributed by atoms with E-state index in [0.717, 1.165) is 15.8 Å². The lowest BCUT2D eigenvalue weighted by atomic mass is 10.1. The molecule has 0 spiro atoms. The fourth-order valence-electron chi connectivity index (χ4n) is 2.96. The first-order valence-corrected chi connectivity index (χ1v) is 9.45. The van der Waals surface area contributed by atoms with E-state index in [1.54, 1.807) is 25.3 Å². The summed E-state index contributed by atoms with van der Waals surface area (Å²) in [6, 6.07) is 11.0. The maximum atomic E-state index is 12.3. The van der Waals surface area contributed by atoms with Gasteiger partial charge in [-0.15, -0.1) is 6.42 Å². The zero-order chi connectivity index (χ0) is 22.4. The van der Waals surface area contributed by atoms with Gasteiger partial charge in [0, 0.05) is 7.05 Å². The average Bonchev–Trinajstić information content (AvgIpc) is 3.10. The third kappa shape index (κ3) is 4.75. The van der Waals surface area contributed by atoms with E-state index in [1.807, 2.05) is 32.0 Å². The van der Waals surface area contributed by atoms with Crippen LogP contribution in [-0.4, -0.2) is 39.2 Å². The van der Waals surface area contributed by atoms with E-state index in [0.29, 0.717) is 28.5 Å². The zero-order valence-corrected chi connectivity index (χ0v) is 17.8. The molecule has 160 valence electrons. The molecule has 1 aromatic heterocycles. The molecule has 0 radical (unpaired) electrons. The molecule has 0 atom stereocenters. The molecule has 0 fully saturated rings. The molecular weight excluding hydrogens is 398 g/mol. The highest BCUT2D eigenvalue weighted by molar-refractivity contribution is 5.98. The minimum Gasteiger partial charge on any atom is -0.496 e. The Labute approximate surface area is 179 Å². The van der Waals surface area contributed by atoms with E-state index < -0.39 is 0 Å². The first-order chi connectivity index (χ1) is 15.0. The summed E-state index contributed by atoms with van der Waals surface area (Å²) < 4.78 is 13.9. The van der Waals surface area contributed by atoms with Crippen LogP contribution in [0.2, 0.25) is 0 Å². The number of aryl methyl sites for hydroxylation is 2. The van der Waals surface area contributed by atoms with Gasteiger partial charge in [-0.25, -0.2) is 4.79 Å². The number of nitrogens with zero attached hydrogens (tertiary/aromatic N) is 5. The van der Waals surface area contributed by atoms with Crippen LogP contribution < -0.4 is 15.2 Å². The van der Waals surface area contributed by atoms with Crippen LogP contribution in [-0.2, 0) is 18.5 Å². The largest absolute Gasteiger partial charge is 0.496 e. The van der Waals surface area contributed by atoms with Crippen molar-refractivity contribution in [2.24, 2.45) is 12.2 Å². The maximum absolute atomic E-state index is 12.3. The van der Waals surface area contributed by atoms with Gasteiger partial charge >= 0.3 is 5.69 Å². The summed E-state index contributed by atoms with van der Waals surface area (Å²) in [5.74, 6) is 3.63. The van der Waals surface area contributed by atoms with Gasteiger partial charge in [0.2, 0.25) is 0 Å². The van der Waals surface area contributed by atoms with Crippen LogP contribution >= 0.6 is 0 Å². The molecule has 0 aliphatic rings. The number of hydrogen-bond acceptors (Lipinski definition) is 7. The second kappa shape index (κ2) is 9.63. The number of oxime groups is 1. The fraction of sp³-hybridized carbons (Fsp3) is 0.273. The second-order valence-corrected chi connectivity index (χ2v) is 6.68. The van der Waals surface area contributed by atoms with Gasteiger partial charge in [-0.05, 0) is 65.7 Å². The van der Waals surface area contributed by atoms with Crippen LogP contribution in [0.15, 0.2) is 46.3 Å². The molecule has 0 aliphatic carbocycles. The predicted molar refractivity (Wildman–Crippen MR) is 116 cm³/mol. The third-order valence-corrected chi connectivity index (χ3v) is 4.59. The van der Waals surface area contributed by atoms with Crippen molar-refractivity contribution in [2.45, 2.75) is 20.5 Å². The van der Waals surface area contributed by atoms with Crippen LogP contribution in [0, 0.1) is 19.3 Å². The Bertz CT molecular complexity index is 1200. The summed E-state index contributed by atoms with van der Waals surface area (Å²) in [5, 5.41) is 11.7. The number of terminal acetylenes is 1. The summed E-state index contributed by atoms with van der Waals surface area (Å²) in [6.45, 7) is 4.06. The van der Waals surface area contributed by atoms with Gasteiger partial charge in [0.25, 0.3) is 0 Å². The summed E-state index contributed by atoms with van der Waals surface area (Å²) in [6.07, 6.45) is 5.16. The highest BCUT2D eigenvalue weighted by Crippen LogP contribution is 2.27. The number of tetrazole rings is 1. The van der Waals surface area contributed by atoms with E-state index in [2.05, 4.69) is 21.5 Å². The van der Waals surface area contributed by atoms with E-state index in [1.165, 1.54) is 11.7 Å². The van der Waals surface area contributed by atoms with Crippen molar-refractivity contribution in [3.63, 3.8) is 0 Å². The molecule has 9 heteroatoms. The Morgan fingerprint density at radius 3 is 2.68 bits per heavy atom. The molecule has 0 saturated carbocycles. The number of benzene rings is 2. The van der Waals surface area contributed by atoms with E-state index in [9.17, 15) is 4.79 Å². The van der Waals surface area contributed by atoms with Crippen LogP contribution in [0.3, 0.4) is 0 Å². The number of hydrogen-bond donors (Lipinski definition) is 0. The van der Waals surface area contributed by atoms with Gasteiger partial charge in [-0.3, -0.25) is 0 Å². The third-order valence-electron chi connectivity index (χ3n) is 4.59. The molecule has 31 heavy (non-hydrogen) atoms. The monoisotopic (exact) mass is 421 g/mol. The first kappa shape index (κ1) is 21.6. The maximum Gasteiger partial charge on any atom is 0.368 e. The van der Waals surface area contributed by atoms with Crippen molar-refractivity contribution in [2.75, 3.05) is 13.7 Å². The zero-order valence-electron chi connectivity index (χ0n) is 17.8. The molecule has 3 rings (SSSR count). The summed E-state index contributed by atoms with van der Waals surface area (Å²) >= 11 is 0. The summed E-state index contributed by atoms with van der Waals surface area (Å²) in [5.41, 5.74) is 3.37. The molecule has 0 unspecified atom stereocenters.